The van der Waals surface area contributed by atoms with Crippen molar-refractivity contribution >= 4 is 11.7 Å². The first-order valence-corrected chi connectivity index (χ1v) is 8.80. The van der Waals surface area contributed by atoms with Crippen LogP contribution in [0.2, 0.25) is 0 Å². The smallest absolute Gasteiger partial charge is 0.322 e. The van der Waals surface area contributed by atoms with E-state index in [0.717, 1.165) is 26.1 Å². The Hall–Kier alpha value is -2.80. The fourth-order valence-corrected chi connectivity index (χ4v) is 3.63. The van der Waals surface area contributed by atoms with E-state index in [0.29, 0.717) is 35.0 Å². The third-order valence-electron chi connectivity index (χ3n) is 4.98. The van der Waals surface area contributed by atoms with Crippen molar-refractivity contribution in [2.75, 3.05) is 32.1 Å². The minimum atomic E-state index is -0.0682. The molecule has 2 aromatic rings. The Balaban J connectivity index is 1.39. The summed E-state index contributed by atoms with van der Waals surface area (Å²) in [4.78, 5) is 18.7. The summed E-state index contributed by atoms with van der Waals surface area (Å²) in [5.41, 5.74) is 0.650. The molecule has 0 aliphatic carbocycles. The predicted molar refractivity (Wildman–Crippen MR) is 97.8 cm³/mol. The molecular weight excluding hydrogens is 332 g/mol. The summed E-state index contributed by atoms with van der Waals surface area (Å²) in [6, 6.07) is 11.1. The van der Waals surface area contributed by atoms with Crippen molar-refractivity contribution in [1.82, 2.24) is 15.2 Å². The van der Waals surface area contributed by atoms with Crippen molar-refractivity contribution in [2.24, 2.45) is 5.92 Å². The molecule has 1 aromatic heterocycles. The second-order valence-corrected chi connectivity index (χ2v) is 6.54. The van der Waals surface area contributed by atoms with Gasteiger partial charge in [-0.1, -0.05) is 12.1 Å². The largest absolute Gasteiger partial charge is 0.493 e. The van der Waals surface area contributed by atoms with Crippen LogP contribution in [0.5, 0.6) is 17.4 Å². The van der Waals surface area contributed by atoms with Gasteiger partial charge < -0.3 is 25.0 Å². The number of nitrogens with zero attached hydrogens (tertiary/aromatic N) is 2. The third kappa shape index (κ3) is 3.30. The Kier molecular flexibility index (Phi) is 4.62. The zero-order chi connectivity index (χ0) is 17.9. The highest BCUT2D eigenvalue weighted by Crippen LogP contribution is 2.30. The second kappa shape index (κ2) is 7.21. The van der Waals surface area contributed by atoms with Gasteiger partial charge in [-0.05, 0) is 30.5 Å². The minimum Gasteiger partial charge on any atom is -0.493 e. The quantitative estimate of drug-likeness (QED) is 0.883. The Morgan fingerprint density at radius 1 is 1.23 bits per heavy atom. The number of anilines is 1. The fraction of sp³-hybridized carbons (Fsp3) is 0.368. The lowest BCUT2D eigenvalue weighted by Crippen LogP contribution is -2.41. The van der Waals surface area contributed by atoms with Gasteiger partial charge in [-0.2, -0.15) is 0 Å². The number of rotatable bonds is 4. The summed E-state index contributed by atoms with van der Waals surface area (Å²) in [6.07, 6.45) is 2.66. The molecule has 0 saturated carbocycles. The van der Waals surface area contributed by atoms with Crippen molar-refractivity contribution in [1.29, 1.82) is 0 Å². The number of urea groups is 1. The molecule has 2 aliphatic rings. The number of nitrogens with one attached hydrogen (secondary N) is 2. The molecule has 136 valence electrons. The number of pyridine rings is 1. The van der Waals surface area contributed by atoms with Gasteiger partial charge >= 0.3 is 6.03 Å². The number of ether oxygens (including phenoxy) is 2. The van der Waals surface area contributed by atoms with Crippen LogP contribution in [-0.4, -0.2) is 48.7 Å². The molecule has 26 heavy (non-hydrogen) atoms. The van der Waals surface area contributed by atoms with E-state index < -0.39 is 0 Å². The summed E-state index contributed by atoms with van der Waals surface area (Å²) in [5.74, 6) is 2.25. The van der Waals surface area contributed by atoms with Gasteiger partial charge in [-0.3, -0.25) is 0 Å². The van der Waals surface area contributed by atoms with E-state index >= 15 is 0 Å². The zero-order valence-corrected chi connectivity index (χ0v) is 14.6. The molecule has 7 nitrogen and oxygen atoms in total. The molecule has 0 unspecified atom stereocenters. The molecule has 0 bridgehead atoms. The Bertz CT molecular complexity index is 781. The first kappa shape index (κ1) is 16.7. The van der Waals surface area contributed by atoms with Crippen LogP contribution in [0.25, 0.3) is 0 Å². The molecule has 1 aromatic carbocycles. The van der Waals surface area contributed by atoms with E-state index in [4.69, 9.17) is 9.47 Å². The number of hydrogen-bond donors (Lipinski definition) is 2. The molecule has 2 N–H and O–H groups in total. The van der Waals surface area contributed by atoms with E-state index in [1.807, 2.05) is 29.2 Å². The normalized spacial score (nSPS) is 21.3. The summed E-state index contributed by atoms with van der Waals surface area (Å²) in [5, 5.41) is 6.28. The summed E-state index contributed by atoms with van der Waals surface area (Å²) in [7, 11) is 1.59. The molecule has 7 heteroatoms. The number of carbonyl (C=O) groups excluding carboxylic acids is 1. The highest BCUT2D eigenvalue weighted by molar-refractivity contribution is 5.89. The highest BCUT2D eigenvalue weighted by atomic mass is 16.5. The number of aromatic nitrogens is 1. The molecule has 2 saturated heterocycles. The van der Waals surface area contributed by atoms with Crippen molar-refractivity contribution in [3.05, 3.63) is 42.6 Å². The van der Waals surface area contributed by atoms with Gasteiger partial charge in [-0.15, -0.1) is 0 Å². The molecule has 2 fully saturated rings. The van der Waals surface area contributed by atoms with Crippen LogP contribution in [0.4, 0.5) is 10.5 Å². The Labute approximate surface area is 152 Å². The zero-order valence-electron chi connectivity index (χ0n) is 14.6. The number of fused-ring (bicyclic) bond motifs is 1. The summed E-state index contributed by atoms with van der Waals surface area (Å²) < 4.78 is 11.0. The molecule has 0 spiro atoms. The number of amides is 2. The average Bonchev–Trinajstić information content (AvgIpc) is 3.27. The molecule has 2 amide bonds. The molecule has 2 atom stereocenters. The van der Waals surface area contributed by atoms with Gasteiger partial charge in [0.15, 0.2) is 11.5 Å². The molecule has 2 aliphatic heterocycles. The maximum absolute atomic E-state index is 12.5. The van der Waals surface area contributed by atoms with Crippen LogP contribution in [0.15, 0.2) is 42.6 Å². The van der Waals surface area contributed by atoms with Crippen LogP contribution < -0.4 is 20.1 Å². The fourth-order valence-electron chi connectivity index (χ4n) is 3.63. The van der Waals surface area contributed by atoms with E-state index in [-0.39, 0.29) is 6.03 Å². The number of para-hydroxylation sites is 2. The van der Waals surface area contributed by atoms with Crippen LogP contribution in [0.3, 0.4) is 0 Å². The Morgan fingerprint density at radius 3 is 2.85 bits per heavy atom. The van der Waals surface area contributed by atoms with Crippen molar-refractivity contribution < 1.29 is 14.3 Å². The van der Waals surface area contributed by atoms with Crippen LogP contribution in [-0.2, 0) is 0 Å². The third-order valence-corrected chi connectivity index (χ3v) is 4.98. The monoisotopic (exact) mass is 354 g/mol. The van der Waals surface area contributed by atoms with Crippen LogP contribution in [0, 0.1) is 5.92 Å². The predicted octanol–water partition coefficient (Wildman–Crippen LogP) is 2.71. The molecular formula is C19H22N4O3. The number of carbonyl (C=O) groups is 1. The van der Waals surface area contributed by atoms with Crippen molar-refractivity contribution in [3.8, 4) is 17.4 Å². The maximum Gasteiger partial charge on any atom is 0.322 e. The van der Waals surface area contributed by atoms with Gasteiger partial charge in [0.1, 0.15) is 0 Å². The number of benzene rings is 1. The maximum atomic E-state index is 12.5. The SMILES string of the molecule is COc1ccccc1Oc1ccc(NC(=O)N2CC[C@@H]3CNC[C@@H]32)cn1. The lowest BCUT2D eigenvalue weighted by molar-refractivity contribution is 0.206. The van der Waals surface area contributed by atoms with E-state index in [2.05, 4.69) is 15.6 Å². The molecule has 3 heterocycles. The van der Waals surface area contributed by atoms with Gasteiger partial charge in [0, 0.05) is 31.7 Å². The average molecular weight is 354 g/mol. The molecule has 0 radical (unpaired) electrons. The topological polar surface area (TPSA) is 75.7 Å². The van der Waals surface area contributed by atoms with Crippen LogP contribution >= 0.6 is 0 Å². The van der Waals surface area contributed by atoms with E-state index in [1.165, 1.54) is 0 Å². The summed E-state index contributed by atoms with van der Waals surface area (Å²) >= 11 is 0. The first-order chi connectivity index (χ1) is 12.7. The summed E-state index contributed by atoms with van der Waals surface area (Å²) in [6.45, 7) is 2.69. The lowest BCUT2D eigenvalue weighted by atomic mass is 10.1. The van der Waals surface area contributed by atoms with Crippen LogP contribution in [0.1, 0.15) is 6.42 Å². The lowest BCUT2D eigenvalue weighted by Gasteiger charge is -2.23. The van der Waals surface area contributed by atoms with Gasteiger partial charge in [0.05, 0.1) is 19.0 Å². The van der Waals surface area contributed by atoms with Gasteiger partial charge in [0.2, 0.25) is 5.88 Å². The number of methoxy groups -OCH3 is 1. The first-order valence-electron chi connectivity index (χ1n) is 8.80. The van der Waals surface area contributed by atoms with E-state index in [9.17, 15) is 4.79 Å². The minimum absolute atomic E-state index is 0.0682. The number of hydrogen-bond acceptors (Lipinski definition) is 5. The van der Waals surface area contributed by atoms with Gasteiger partial charge in [0.25, 0.3) is 0 Å². The second-order valence-electron chi connectivity index (χ2n) is 6.54. The van der Waals surface area contributed by atoms with Gasteiger partial charge in [-0.25, -0.2) is 9.78 Å². The van der Waals surface area contributed by atoms with Crippen molar-refractivity contribution in [3.63, 3.8) is 0 Å². The number of likely N-dealkylation sites (tertiary alicyclic amines) is 1. The van der Waals surface area contributed by atoms with E-state index in [1.54, 1.807) is 25.4 Å². The molecule has 4 rings (SSSR count). The van der Waals surface area contributed by atoms with Crippen molar-refractivity contribution in [2.45, 2.75) is 12.5 Å². The standard InChI is InChI=1S/C19H22N4O3/c1-25-16-4-2-3-5-17(16)26-18-7-6-14(11-21-18)22-19(24)23-9-8-13-10-20-12-15(13)23/h2-7,11,13,15,20H,8-10,12H2,1H3,(H,22,24)/t13-,15+/m1/s1. The Morgan fingerprint density at radius 2 is 2.08 bits per heavy atom. The highest BCUT2D eigenvalue weighted by Gasteiger charge is 2.39.